The Bertz CT molecular complexity index is 229. The molecule has 0 atom stereocenters. The summed E-state index contributed by atoms with van der Waals surface area (Å²) in [5.74, 6) is 0. The fourth-order valence-electron chi connectivity index (χ4n) is 0.771. The van der Waals surface area contributed by atoms with E-state index in [-0.39, 0.29) is 0 Å². The number of allylic oxidation sites excluding steroid dienone is 1. The average molecular weight is 164 g/mol. The molecule has 0 saturated carbocycles. The van der Waals surface area contributed by atoms with E-state index in [1.165, 1.54) is 6.26 Å². The molecule has 0 heterocycles. The summed E-state index contributed by atoms with van der Waals surface area (Å²) in [6.45, 7) is 2.34. The van der Waals surface area contributed by atoms with Crippen molar-refractivity contribution in [3.63, 3.8) is 0 Å². The molecule has 0 spiro atoms. The third-order valence-corrected chi connectivity index (χ3v) is 1.33. The lowest BCUT2D eigenvalue weighted by atomic mass is 10.2. The summed E-state index contributed by atoms with van der Waals surface area (Å²) in [6.07, 6.45) is 3.27. The van der Waals surface area contributed by atoms with Crippen molar-refractivity contribution in [3.8, 4) is 0 Å². The van der Waals surface area contributed by atoms with Crippen molar-refractivity contribution in [3.05, 3.63) is 48.2 Å². The second-order valence-electron chi connectivity index (χ2n) is 2.31. The van der Waals surface area contributed by atoms with E-state index in [1.54, 1.807) is 6.08 Å². The van der Waals surface area contributed by atoms with Gasteiger partial charge in [0.15, 0.2) is 0 Å². The van der Waals surface area contributed by atoms with Crippen LogP contribution in [0.15, 0.2) is 42.7 Å². The smallest absolute Gasteiger partial charge is 0.125 e. The van der Waals surface area contributed by atoms with E-state index in [2.05, 4.69) is 0 Å². The minimum atomic E-state index is 0.477. The van der Waals surface area contributed by atoms with Crippen molar-refractivity contribution in [2.24, 2.45) is 0 Å². The Morgan fingerprint density at radius 1 is 1.25 bits per heavy atom. The van der Waals surface area contributed by atoms with Crippen LogP contribution in [0, 0.1) is 0 Å². The molecule has 0 aliphatic heterocycles. The quantitative estimate of drug-likeness (QED) is 0.295. The highest BCUT2D eigenvalue weighted by Gasteiger charge is 1.89. The van der Waals surface area contributed by atoms with Gasteiger partial charge in [0.05, 0.1) is 0 Å². The molecule has 0 saturated heterocycles. The second-order valence-corrected chi connectivity index (χ2v) is 2.31. The molecule has 1 aromatic carbocycles. The predicted octanol–water partition coefficient (Wildman–Crippen LogP) is 2.67. The SMILES string of the molecule is CC=COOCc1ccccc1. The fourth-order valence-corrected chi connectivity index (χ4v) is 0.771. The van der Waals surface area contributed by atoms with Gasteiger partial charge in [-0.15, -0.1) is 0 Å². The molecule has 0 radical (unpaired) electrons. The Labute approximate surface area is 72.4 Å². The van der Waals surface area contributed by atoms with Gasteiger partial charge in [-0.25, -0.2) is 0 Å². The van der Waals surface area contributed by atoms with Gasteiger partial charge in [0.1, 0.15) is 12.9 Å². The van der Waals surface area contributed by atoms with Crippen molar-refractivity contribution >= 4 is 0 Å². The lowest BCUT2D eigenvalue weighted by Gasteiger charge is -1.99. The van der Waals surface area contributed by atoms with Crippen molar-refractivity contribution in [2.45, 2.75) is 13.5 Å². The minimum absolute atomic E-state index is 0.477. The molecule has 0 amide bonds. The predicted molar refractivity (Wildman–Crippen MR) is 47.1 cm³/mol. The molecule has 0 unspecified atom stereocenters. The van der Waals surface area contributed by atoms with Crippen LogP contribution >= 0.6 is 0 Å². The number of hydrogen-bond donors (Lipinski definition) is 0. The molecule has 1 aromatic rings. The van der Waals surface area contributed by atoms with Crippen LogP contribution in [-0.4, -0.2) is 0 Å². The van der Waals surface area contributed by atoms with Gasteiger partial charge in [0, 0.05) is 0 Å². The highest BCUT2D eigenvalue weighted by Crippen LogP contribution is 2.00. The number of hydrogen-bond acceptors (Lipinski definition) is 2. The molecule has 0 N–H and O–H groups in total. The monoisotopic (exact) mass is 164 g/mol. The molecule has 0 aliphatic carbocycles. The Balaban J connectivity index is 2.24. The van der Waals surface area contributed by atoms with E-state index in [1.807, 2.05) is 37.3 Å². The highest BCUT2D eigenvalue weighted by atomic mass is 17.2. The summed E-state index contributed by atoms with van der Waals surface area (Å²) in [4.78, 5) is 9.58. The molecule has 0 fully saturated rings. The fraction of sp³-hybridized carbons (Fsp3) is 0.200. The topological polar surface area (TPSA) is 18.5 Å². The first-order valence-corrected chi connectivity index (χ1v) is 3.87. The maximum Gasteiger partial charge on any atom is 0.125 e. The molecule has 2 nitrogen and oxygen atoms in total. The van der Waals surface area contributed by atoms with Crippen LogP contribution in [0.2, 0.25) is 0 Å². The maximum absolute atomic E-state index is 4.87. The third kappa shape index (κ3) is 3.21. The summed E-state index contributed by atoms with van der Waals surface area (Å²) in [6, 6.07) is 9.87. The van der Waals surface area contributed by atoms with Gasteiger partial charge < -0.3 is 4.89 Å². The Morgan fingerprint density at radius 3 is 2.67 bits per heavy atom. The molecule has 12 heavy (non-hydrogen) atoms. The Kier molecular flexibility index (Phi) is 3.95. The minimum Gasteiger partial charge on any atom is -0.346 e. The van der Waals surface area contributed by atoms with Crippen LogP contribution in [-0.2, 0) is 16.4 Å². The molecular weight excluding hydrogens is 152 g/mol. The van der Waals surface area contributed by atoms with Gasteiger partial charge in [-0.1, -0.05) is 30.3 Å². The van der Waals surface area contributed by atoms with Crippen LogP contribution in [0.4, 0.5) is 0 Å². The first-order chi connectivity index (χ1) is 5.93. The van der Waals surface area contributed by atoms with Crippen molar-refractivity contribution in [1.29, 1.82) is 0 Å². The molecule has 0 bridgehead atoms. The van der Waals surface area contributed by atoms with Crippen LogP contribution in [0.1, 0.15) is 12.5 Å². The lowest BCUT2D eigenvalue weighted by Crippen LogP contribution is -1.89. The summed E-state index contributed by atoms with van der Waals surface area (Å²) in [7, 11) is 0. The molecule has 0 aliphatic rings. The van der Waals surface area contributed by atoms with Crippen LogP contribution in [0.5, 0.6) is 0 Å². The summed E-state index contributed by atoms with van der Waals surface area (Å²) >= 11 is 0. The molecule has 1 rings (SSSR count). The van der Waals surface area contributed by atoms with E-state index >= 15 is 0 Å². The standard InChI is InChI=1S/C10H12O2/c1-2-8-11-12-9-10-6-4-3-5-7-10/h2-8H,9H2,1H3. The van der Waals surface area contributed by atoms with Gasteiger partial charge in [-0.3, -0.25) is 0 Å². The first kappa shape index (κ1) is 8.81. The Hall–Kier alpha value is -1.28. The van der Waals surface area contributed by atoms with E-state index in [9.17, 15) is 0 Å². The van der Waals surface area contributed by atoms with Crippen LogP contribution < -0.4 is 0 Å². The van der Waals surface area contributed by atoms with E-state index in [0.29, 0.717) is 6.61 Å². The molecular formula is C10H12O2. The normalized spacial score (nSPS) is 10.4. The van der Waals surface area contributed by atoms with E-state index < -0.39 is 0 Å². The van der Waals surface area contributed by atoms with Gasteiger partial charge in [0.25, 0.3) is 0 Å². The number of rotatable bonds is 4. The van der Waals surface area contributed by atoms with Crippen molar-refractivity contribution in [2.75, 3.05) is 0 Å². The summed E-state index contributed by atoms with van der Waals surface area (Å²) in [5.41, 5.74) is 1.10. The summed E-state index contributed by atoms with van der Waals surface area (Å²) in [5, 5.41) is 0. The number of benzene rings is 1. The maximum atomic E-state index is 4.87. The van der Waals surface area contributed by atoms with Crippen LogP contribution in [0.3, 0.4) is 0 Å². The van der Waals surface area contributed by atoms with Gasteiger partial charge in [0.2, 0.25) is 0 Å². The van der Waals surface area contributed by atoms with Gasteiger partial charge >= 0.3 is 0 Å². The molecule has 64 valence electrons. The Morgan fingerprint density at radius 2 is 2.00 bits per heavy atom. The van der Waals surface area contributed by atoms with Crippen LogP contribution in [0.25, 0.3) is 0 Å². The average Bonchev–Trinajstić information content (AvgIpc) is 2.14. The second kappa shape index (κ2) is 5.38. The molecule has 0 aromatic heterocycles. The largest absolute Gasteiger partial charge is 0.346 e. The zero-order valence-corrected chi connectivity index (χ0v) is 7.07. The van der Waals surface area contributed by atoms with E-state index in [0.717, 1.165) is 5.56 Å². The molecule has 2 heteroatoms. The lowest BCUT2D eigenvalue weighted by molar-refractivity contribution is -0.259. The summed E-state index contributed by atoms with van der Waals surface area (Å²) < 4.78 is 0. The van der Waals surface area contributed by atoms with Crippen molar-refractivity contribution in [1.82, 2.24) is 0 Å². The zero-order chi connectivity index (χ0) is 8.65. The third-order valence-electron chi connectivity index (χ3n) is 1.33. The van der Waals surface area contributed by atoms with E-state index in [4.69, 9.17) is 9.78 Å². The van der Waals surface area contributed by atoms with Crippen molar-refractivity contribution < 1.29 is 9.78 Å². The first-order valence-electron chi connectivity index (χ1n) is 3.87. The van der Waals surface area contributed by atoms with Gasteiger partial charge in [-0.05, 0) is 18.6 Å². The highest BCUT2D eigenvalue weighted by molar-refractivity contribution is 5.13. The zero-order valence-electron chi connectivity index (χ0n) is 7.07. The van der Waals surface area contributed by atoms with Gasteiger partial charge in [-0.2, -0.15) is 4.89 Å².